The van der Waals surface area contributed by atoms with Gasteiger partial charge < -0.3 is 9.88 Å². The summed E-state index contributed by atoms with van der Waals surface area (Å²) in [4.78, 5) is 12.8. The number of aryl methyl sites for hydroxylation is 2. The smallest absolute Gasteiger partial charge is 0.253 e. The number of carbonyl (C=O) groups excluding carboxylic acids is 1. The van der Waals surface area contributed by atoms with Crippen LogP contribution < -0.4 is 5.32 Å². The standard InChI is InChI=1S/C20H20N2O/c1-22-13-17(16-10-4-5-12-19(16)22)20(23)21-18-11-6-8-14-7-2-3-9-15(14)18/h2-5,7,9-10,12-13,18H,6,8,11H2,1H3,(H,21,23)/t18-/m0/s1. The number of carbonyl (C=O) groups is 1. The van der Waals surface area contributed by atoms with Crippen LogP contribution >= 0.6 is 0 Å². The molecule has 3 heteroatoms. The van der Waals surface area contributed by atoms with Gasteiger partial charge >= 0.3 is 0 Å². The molecule has 1 aliphatic rings. The van der Waals surface area contributed by atoms with Crippen LogP contribution in [0.25, 0.3) is 10.9 Å². The third kappa shape index (κ3) is 2.42. The molecule has 1 heterocycles. The van der Waals surface area contributed by atoms with E-state index in [1.54, 1.807) is 0 Å². The molecule has 0 fully saturated rings. The number of hydrogen-bond donors (Lipinski definition) is 1. The Kier molecular flexibility index (Phi) is 3.41. The lowest BCUT2D eigenvalue weighted by atomic mass is 9.87. The molecule has 0 unspecified atom stereocenters. The van der Waals surface area contributed by atoms with Crippen molar-refractivity contribution in [1.82, 2.24) is 9.88 Å². The van der Waals surface area contributed by atoms with Gasteiger partial charge in [0.25, 0.3) is 5.91 Å². The number of fused-ring (bicyclic) bond motifs is 2. The second-order valence-corrected chi connectivity index (χ2v) is 6.29. The maximum absolute atomic E-state index is 12.8. The SMILES string of the molecule is Cn1cc(C(=O)N[C@H]2CCCc3ccccc32)c2ccccc21. The highest BCUT2D eigenvalue weighted by atomic mass is 16.1. The maximum atomic E-state index is 12.8. The molecule has 1 aromatic heterocycles. The summed E-state index contributed by atoms with van der Waals surface area (Å²) < 4.78 is 2.01. The first-order valence-corrected chi connectivity index (χ1v) is 8.17. The Morgan fingerprint density at radius 1 is 1.13 bits per heavy atom. The Balaban J connectivity index is 1.66. The summed E-state index contributed by atoms with van der Waals surface area (Å²) in [6, 6.07) is 16.6. The molecule has 3 aromatic rings. The van der Waals surface area contributed by atoms with Gasteiger partial charge in [-0.15, -0.1) is 0 Å². The zero-order chi connectivity index (χ0) is 15.8. The molecule has 0 saturated carbocycles. The summed E-state index contributed by atoms with van der Waals surface area (Å²) in [7, 11) is 1.98. The van der Waals surface area contributed by atoms with Crippen LogP contribution in [0.3, 0.4) is 0 Å². The molecule has 1 amide bonds. The average Bonchev–Trinajstić information content (AvgIpc) is 2.93. The van der Waals surface area contributed by atoms with Crippen LogP contribution in [0, 0.1) is 0 Å². The van der Waals surface area contributed by atoms with Crippen molar-refractivity contribution >= 4 is 16.8 Å². The van der Waals surface area contributed by atoms with Gasteiger partial charge in [0.15, 0.2) is 0 Å². The Bertz CT molecular complexity index is 878. The third-order valence-electron chi connectivity index (χ3n) is 4.82. The number of hydrogen-bond acceptors (Lipinski definition) is 1. The molecule has 0 aliphatic heterocycles. The van der Waals surface area contributed by atoms with E-state index in [0.29, 0.717) is 0 Å². The molecule has 3 nitrogen and oxygen atoms in total. The molecule has 23 heavy (non-hydrogen) atoms. The maximum Gasteiger partial charge on any atom is 0.253 e. The predicted octanol–water partition coefficient (Wildman–Crippen LogP) is 3.99. The van der Waals surface area contributed by atoms with Gasteiger partial charge in [0, 0.05) is 24.1 Å². The van der Waals surface area contributed by atoms with E-state index in [0.717, 1.165) is 35.7 Å². The normalized spacial score (nSPS) is 17.0. The molecule has 4 rings (SSSR count). The minimum absolute atomic E-state index is 0.0171. The average molecular weight is 304 g/mol. The van der Waals surface area contributed by atoms with Gasteiger partial charge in [-0.25, -0.2) is 0 Å². The molecule has 2 aromatic carbocycles. The zero-order valence-corrected chi connectivity index (χ0v) is 13.3. The van der Waals surface area contributed by atoms with E-state index in [1.807, 2.05) is 42.1 Å². The van der Waals surface area contributed by atoms with Crippen LogP contribution in [0.4, 0.5) is 0 Å². The van der Waals surface area contributed by atoms with Crippen molar-refractivity contribution in [2.24, 2.45) is 7.05 Å². The highest BCUT2D eigenvalue weighted by molar-refractivity contribution is 6.07. The fourth-order valence-electron chi connectivity index (χ4n) is 3.66. The Labute approximate surface area is 135 Å². The summed E-state index contributed by atoms with van der Waals surface area (Å²) in [5.74, 6) is 0.0171. The first kappa shape index (κ1) is 14.1. The van der Waals surface area contributed by atoms with Crippen LogP contribution in [0.15, 0.2) is 54.7 Å². The topological polar surface area (TPSA) is 34.0 Å². The number of amides is 1. The quantitative estimate of drug-likeness (QED) is 0.763. The summed E-state index contributed by atoms with van der Waals surface area (Å²) >= 11 is 0. The second kappa shape index (κ2) is 5.58. The number of benzene rings is 2. The van der Waals surface area contributed by atoms with Crippen molar-refractivity contribution in [3.05, 3.63) is 71.4 Å². The fourth-order valence-corrected chi connectivity index (χ4v) is 3.66. The lowest BCUT2D eigenvalue weighted by Gasteiger charge is -2.26. The Morgan fingerprint density at radius 2 is 1.91 bits per heavy atom. The van der Waals surface area contributed by atoms with E-state index in [9.17, 15) is 4.79 Å². The Morgan fingerprint density at radius 3 is 2.83 bits per heavy atom. The monoisotopic (exact) mass is 304 g/mol. The van der Waals surface area contributed by atoms with Crippen LogP contribution in [0.1, 0.15) is 40.4 Å². The number of nitrogens with zero attached hydrogens (tertiary/aromatic N) is 1. The van der Waals surface area contributed by atoms with Crippen molar-refractivity contribution in [1.29, 1.82) is 0 Å². The summed E-state index contributed by atoms with van der Waals surface area (Å²) in [5, 5.41) is 4.26. The van der Waals surface area contributed by atoms with E-state index in [1.165, 1.54) is 11.1 Å². The van der Waals surface area contributed by atoms with Crippen LogP contribution in [-0.2, 0) is 13.5 Å². The number of aromatic nitrogens is 1. The Hall–Kier alpha value is -2.55. The number of nitrogens with one attached hydrogen (secondary N) is 1. The van der Waals surface area contributed by atoms with Gasteiger partial charge in [-0.05, 0) is 36.5 Å². The van der Waals surface area contributed by atoms with Crippen molar-refractivity contribution in [3.8, 4) is 0 Å². The van der Waals surface area contributed by atoms with Crippen LogP contribution in [0.5, 0.6) is 0 Å². The molecular formula is C20H20N2O. The third-order valence-corrected chi connectivity index (χ3v) is 4.82. The molecule has 1 N–H and O–H groups in total. The highest BCUT2D eigenvalue weighted by Gasteiger charge is 2.23. The molecule has 0 radical (unpaired) electrons. The van der Waals surface area contributed by atoms with Crippen LogP contribution in [-0.4, -0.2) is 10.5 Å². The number of rotatable bonds is 2. The van der Waals surface area contributed by atoms with Gasteiger partial charge in [-0.1, -0.05) is 42.5 Å². The predicted molar refractivity (Wildman–Crippen MR) is 92.5 cm³/mol. The largest absolute Gasteiger partial charge is 0.350 e. The molecule has 0 saturated heterocycles. The lowest BCUT2D eigenvalue weighted by molar-refractivity contribution is 0.0934. The summed E-state index contributed by atoms with van der Waals surface area (Å²) in [6.45, 7) is 0. The summed E-state index contributed by atoms with van der Waals surface area (Å²) in [5.41, 5.74) is 4.47. The molecule has 0 spiro atoms. The van der Waals surface area contributed by atoms with Crippen molar-refractivity contribution in [2.45, 2.75) is 25.3 Å². The van der Waals surface area contributed by atoms with E-state index in [2.05, 4.69) is 29.6 Å². The van der Waals surface area contributed by atoms with Gasteiger partial charge in [0.2, 0.25) is 0 Å². The van der Waals surface area contributed by atoms with E-state index in [4.69, 9.17) is 0 Å². The highest BCUT2D eigenvalue weighted by Crippen LogP contribution is 2.30. The zero-order valence-electron chi connectivity index (χ0n) is 13.3. The van der Waals surface area contributed by atoms with E-state index < -0.39 is 0 Å². The molecular weight excluding hydrogens is 284 g/mol. The van der Waals surface area contributed by atoms with Gasteiger partial charge in [0.05, 0.1) is 11.6 Å². The van der Waals surface area contributed by atoms with E-state index >= 15 is 0 Å². The van der Waals surface area contributed by atoms with Crippen molar-refractivity contribution in [2.75, 3.05) is 0 Å². The molecule has 0 bridgehead atoms. The first-order valence-electron chi connectivity index (χ1n) is 8.17. The fraction of sp³-hybridized carbons (Fsp3) is 0.250. The lowest BCUT2D eigenvalue weighted by Crippen LogP contribution is -2.30. The summed E-state index contributed by atoms with van der Waals surface area (Å²) in [6.07, 6.45) is 5.16. The first-order chi connectivity index (χ1) is 11.2. The van der Waals surface area contributed by atoms with E-state index in [-0.39, 0.29) is 11.9 Å². The molecule has 1 aliphatic carbocycles. The van der Waals surface area contributed by atoms with Gasteiger partial charge in [0.1, 0.15) is 0 Å². The minimum atomic E-state index is 0.0171. The second-order valence-electron chi connectivity index (χ2n) is 6.29. The molecule has 1 atom stereocenters. The van der Waals surface area contributed by atoms with Crippen LogP contribution in [0.2, 0.25) is 0 Å². The molecule has 116 valence electrons. The minimum Gasteiger partial charge on any atom is -0.350 e. The van der Waals surface area contributed by atoms with Crippen molar-refractivity contribution in [3.63, 3.8) is 0 Å². The van der Waals surface area contributed by atoms with Gasteiger partial charge in [-0.3, -0.25) is 4.79 Å². The van der Waals surface area contributed by atoms with Gasteiger partial charge in [-0.2, -0.15) is 0 Å². The van der Waals surface area contributed by atoms with Crippen molar-refractivity contribution < 1.29 is 4.79 Å². The number of para-hydroxylation sites is 1.